The second-order valence-electron chi connectivity index (χ2n) is 17.5. The maximum absolute atomic E-state index is 5.24. The second-order valence-corrected chi connectivity index (χ2v) is 22.6. The van der Waals surface area contributed by atoms with Gasteiger partial charge in [0.1, 0.15) is 0 Å². The molecular formula is C54H54IrN4Si-2. The summed E-state index contributed by atoms with van der Waals surface area (Å²) in [6.45, 7) is 20.8. The molecule has 6 aromatic carbocycles. The summed E-state index contributed by atoms with van der Waals surface area (Å²) in [5.41, 5.74) is 14.0. The van der Waals surface area contributed by atoms with Crippen molar-refractivity contribution in [3.05, 3.63) is 175 Å². The number of aromatic nitrogens is 4. The first-order chi connectivity index (χ1) is 28.4. The molecule has 3 aromatic heterocycles. The van der Waals surface area contributed by atoms with Gasteiger partial charge < -0.3 is 14.1 Å². The standard InChI is InChI=1S/C37H32N3.C17H22NSi.Ir/c1-24(2)28-16-12-17-29(25(3)4)36(28)40-35-20-11-9-18-32(35)38-37(40)26-21-22-34-31(23-26)30-15-8-10-19-33(30)39(34)27-13-6-5-7-14-27;1-13(2)15-11-16(14-9-7-6-8-10-14)18-12-17(15)19(3,4)5;/h5-20,22-25H,1-4H3;6-9,11-13H,1-5H3;/q2*-1;. The van der Waals surface area contributed by atoms with Gasteiger partial charge in [-0.25, -0.2) is 0 Å². The largest absolute Gasteiger partial charge is 0.351 e. The molecule has 4 nitrogen and oxygen atoms in total. The van der Waals surface area contributed by atoms with Gasteiger partial charge in [0, 0.05) is 43.2 Å². The van der Waals surface area contributed by atoms with Gasteiger partial charge in [0.15, 0.2) is 0 Å². The zero-order valence-corrected chi connectivity index (χ0v) is 39.6. The normalized spacial score (nSPS) is 11.7. The van der Waals surface area contributed by atoms with Crippen LogP contribution < -0.4 is 5.19 Å². The Hall–Kier alpha value is -5.39. The number of rotatable bonds is 8. The summed E-state index contributed by atoms with van der Waals surface area (Å²) in [5, 5.41) is 3.90. The molecule has 0 aliphatic carbocycles. The van der Waals surface area contributed by atoms with Crippen molar-refractivity contribution < 1.29 is 20.1 Å². The molecule has 0 spiro atoms. The zero-order valence-electron chi connectivity index (χ0n) is 36.2. The molecule has 0 atom stereocenters. The van der Waals surface area contributed by atoms with Crippen molar-refractivity contribution in [3.8, 4) is 34.0 Å². The molecule has 9 aromatic rings. The van der Waals surface area contributed by atoms with E-state index in [0.717, 1.165) is 44.9 Å². The Morgan fingerprint density at radius 3 is 1.83 bits per heavy atom. The third-order valence-corrected chi connectivity index (χ3v) is 13.4. The summed E-state index contributed by atoms with van der Waals surface area (Å²) in [7, 11) is -1.34. The van der Waals surface area contributed by atoms with Crippen molar-refractivity contribution in [2.75, 3.05) is 0 Å². The average molecular weight is 979 g/mol. The number of pyridine rings is 1. The van der Waals surface area contributed by atoms with Crippen LogP contribution in [0, 0.1) is 12.1 Å². The van der Waals surface area contributed by atoms with Crippen LogP contribution >= 0.6 is 0 Å². The minimum atomic E-state index is -1.34. The number of benzene rings is 6. The van der Waals surface area contributed by atoms with Gasteiger partial charge in [-0.05, 0) is 81.0 Å². The first kappa shape index (κ1) is 42.7. The van der Waals surface area contributed by atoms with Crippen molar-refractivity contribution >= 4 is 46.1 Å². The summed E-state index contributed by atoms with van der Waals surface area (Å²) < 4.78 is 4.72. The van der Waals surface area contributed by atoms with Crippen LogP contribution in [0.4, 0.5) is 0 Å². The van der Waals surface area contributed by atoms with Crippen LogP contribution in [0.2, 0.25) is 19.6 Å². The molecule has 305 valence electrons. The van der Waals surface area contributed by atoms with E-state index in [1.807, 2.05) is 18.2 Å². The summed E-state index contributed by atoms with van der Waals surface area (Å²) in [6, 6.07) is 56.1. The van der Waals surface area contributed by atoms with Crippen LogP contribution in [0.25, 0.3) is 66.9 Å². The van der Waals surface area contributed by atoms with E-state index in [2.05, 4.69) is 215 Å². The van der Waals surface area contributed by atoms with E-state index >= 15 is 0 Å². The summed E-state index contributed by atoms with van der Waals surface area (Å²) in [4.78, 5) is 9.90. The fourth-order valence-corrected chi connectivity index (χ4v) is 10.1. The number of fused-ring (bicyclic) bond motifs is 4. The Balaban J connectivity index is 0.000000230. The molecule has 0 amide bonds. The minimum absolute atomic E-state index is 0. The number of nitrogens with zero attached hydrogens (tertiary/aromatic N) is 4. The van der Waals surface area contributed by atoms with E-state index in [0.29, 0.717) is 17.8 Å². The molecule has 0 saturated carbocycles. The summed E-state index contributed by atoms with van der Waals surface area (Å²) in [5.74, 6) is 2.21. The number of hydrogen-bond acceptors (Lipinski definition) is 2. The molecule has 9 rings (SSSR count). The van der Waals surface area contributed by atoms with Crippen LogP contribution in [0.1, 0.15) is 76.0 Å². The van der Waals surface area contributed by atoms with E-state index in [1.54, 1.807) is 0 Å². The monoisotopic (exact) mass is 979 g/mol. The van der Waals surface area contributed by atoms with Crippen LogP contribution in [0.3, 0.4) is 0 Å². The van der Waals surface area contributed by atoms with Crippen molar-refractivity contribution in [2.45, 2.75) is 78.9 Å². The van der Waals surface area contributed by atoms with Gasteiger partial charge in [-0.15, -0.1) is 59.7 Å². The van der Waals surface area contributed by atoms with Gasteiger partial charge in [0.2, 0.25) is 0 Å². The maximum atomic E-state index is 5.24. The Bertz CT molecular complexity index is 2870. The Labute approximate surface area is 370 Å². The van der Waals surface area contributed by atoms with Crippen molar-refractivity contribution in [2.24, 2.45) is 0 Å². The predicted octanol–water partition coefficient (Wildman–Crippen LogP) is 14.1. The van der Waals surface area contributed by atoms with E-state index < -0.39 is 8.07 Å². The first-order valence-electron chi connectivity index (χ1n) is 21.0. The fraction of sp³-hybridized carbons (Fsp3) is 0.222. The third kappa shape index (κ3) is 8.21. The van der Waals surface area contributed by atoms with Crippen molar-refractivity contribution in [1.29, 1.82) is 0 Å². The number of para-hydroxylation sites is 5. The average Bonchev–Trinajstić information content (AvgIpc) is 3.79. The van der Waals surface area contributed by atoms with Crippen LogP contribution in [0.5, 0.6) is 0 Å². The van der Waals surface area contributed by atoms with E-state index in [1.165, 1.54) is 43.9 Å². The van der Waals surface area contributed by atoms with Crippen LogP contribution in [-0.4, -0.2) is 27.2 Å². The van der Waals surface area contributed by atoms with Gasteiger partial charge >= 0.3 is 0 Å². The van der Waals surface area contributed by atoms with Gasteiger partial charge in [-0.1, -0.05) is 145 Å². The van der Waals surface area contributed by atoms with Crippen molar-refractivity contribution in [3.63, 3.8) is 0 Å². The maximum Gasteiger partial charge on any atom is 0.0799 e. The first-order valence-corrected chi connectivity index (χ1v) is 24.5. The molecule has 0 bridgehead atoms. The summed E-state index contributed by atoms with van der Waals surface area (Å²) in [6.07, 6.45) is 2.09. The number of imidazole rings is 1. The second kappa shape index (κ2) is 17.7. The summed E-state index contributed by atoms with van der Waals surface area (Å²) >= 11 is 0. The number of hydrogen-bond donors (Lipinski definition) is 0. The zero-order chi connectivity index (χ0) is 41.4. The quantitative estimate of drug-likeness (QED) is 0.112. The van der Waals surface area contributed by atoms with Gasteiger partial charge in [-0.2, -0.15) is 0 Å². The Kier molecular flexibility index (Phi) is 12.6. The van der Waals surface area contributed by atoms with E-state index in [9.17, 15) is 0 Å². The molecule has 1 radical (unpaired) electrons. The molecular weight excluding hydrogens is 925 g/mol. The van der Waals surface area contributed by atoms with Crippen LogP contribution in [-0.2, 0) is 20.1 Å². The third-order valence-electron chi connectivity index (χ3n) is 11.3. The molecule has 0 N–H and O–H groups in total. The van der Waals surface area contributed by atoms with Gasteiger partial charge in [0.25, 0.3) is 0 Å². The van der Waals surface area contributed by atoms with E-state index in [4.69, 9.17) is 4.98 Å². The molecule has 0 aliphatic rings. The SMILES string of the molecule is CC(C)c1cc(-c2[c-]cccc2)ncc1[Si](C)(C)C.CC(C)c1cccc(C(C)C)c1-n1c(-c2[c-]cc3c(c2)c2ccccc2n3-c2ccccc2)nc2ccccc21.[Ir]. The Morgan fingerprint density at radius 2 is 1.18 bits per heavy atom. The van der Waals surface area contributed by atoms with Gasteiger partial charge in [0.05, 0.1) is 24.9 Å². The van der Waals surface area contributed by atoms with Gasteiger partial charge in [-0.3, -0.25) is 4.98 Å². The molecule has 3 heterocycles. The van der Waals surface area contributed by atoms with Crippen molar-refractivity contribution in [1.82, 2.24) is 19.1 Å². The molecule has 60 heavy (non-hydrogen) atoms. The predicted molar refractivity (Wildman–Crippen MR) is 253 cm³/mol. The van der Waals surface area contributed by atoms with Crippen LogP contribution in [0.15, 0.2) is 146 Å². The molecule has 0 unspecified atom stereocenters. The molecule has 0 aliphatic heterocycles. The molecule has 6 heteroatoms. The smallest absolute Gasteiger partial charge is 0.0799 e. The topological polar surface area (TPSA) is 35.6 Å². The Morgan fingerprint density at radius 1 is 0.550 bits per heavy atom. The fourth-order valence-electron chi connectivity index (χ4n) is 8.37. The van der Waals surface area contributed by atoms with E-state index in [-0.39, 0.29) is 20.1 Å². The molecule has 0 fully saturated rings. The minimum Gasteiger partial charge on any atom is -0.351 e. The molecule has 0 saturated heterocycles.